The first-order chi connectivity index (χ1) is 6.38. The number of likely N-dealkylation sites (tertiary alicyclic amines) is 1. The number of hydrogen-bond acceptors (Lipinski definition) is 3. The lowest BCUT2D eigenvalue weighted by Crippen LogP contribution is -2.29. The molecule has 1 heterocycles. The van der Waals surface area contributed by atoms with Crippen molar-refractivity contribution < 1.29 is 4.84 Å². The molecular formula is C10H22N2O. The summed E-state index contributed by atoms with van der Waals surface area (Å²) in [6.07, 6.45) is 5.22. The summed E-state index contributed by atoms with van der Waals surface area (Å²) in [4.78, 5) is 7.68. The molecule has 3 nitrogen and oxygen atoms in total. The fourth-order valence-corrected chi connectivity index (χ4v) is 2.13. The molecule has 0 aromatic carbocycles. The molecule has 0 aromatic rings. The fraction of sp³-hybridized carbons (Fsp3) is 1.00. The number of hydroxylamine groups is 1. The van der Waals surface area contributed by atoms with Crippen molar-refractivity contribution in [1.82, 2.24) is 10.4 Å². The molecule has 1 unspecified atom stereocenters. The van der Waals surface area contributed by atoms with Gasteiger partial charge in [0.05, 0.1) is 6.61 Å². The van der Waals surface area contributed by atoms with Gasteiger partial charge >= 0.3 is 0 Å². The Hall–Kier alpha value is -0.120. The number of hydrogen-bond donors (Lipinski definition) is 1. The zero-order chi connectivity index (χ0) is 9.52. The minimum atomic E-state index is 0.824. The van der Waals surface area contributed by atoms with Crippen LogP contribution in [0.2, 0.25) is 0 Å². The number of nitrogens with one attached hydrogen (secondary N) is 1. The topological polar surface area (TPSA) is 24.5 Å². The Bertz CT molecular complexity index is 130. The lowest BCUT2D eigenvalue weighted by atomic mass is 10.1. The molecule has 1 saturated heterocycles. The number of nitrogens with zero attached hydrogens (tertiary/aromatic N) is 1. The van der Waals surface area contributed by atoms with Crippen LogP contribution in [0, 0.1) is 0 Å². The average molecular weight is 186 g/mol. The Kier molecular flexibility index (Phi) is 5.35. The van der Waals surface area contributed by atoms with E-state index < -0.39 is 0 Å². The molecule has 1 fully saturated rings. The molecule has 0 spiro atoms. The molecule has 1 atom stereocenters. The van der Waals surface area contributed by atoms with Crippen molar-refractivity contribution in [1.29, 1.82) is 0 Å². The van der Waals surface area contributed by atoms with E-state index in [1.807, 2.05) is 7.05 Å². The Morgan fingerprint density at radius 1 is 1.54 bits per heavy atom. The highest BCUT2D eigenvalue weighted by atomic mass is 16.6. The van der Waals surface area contributed by atoms with E-state index in [0.717, 1.165) is 12.6 Å². The molecular weight excluding hydrogens is 164 g/mol. The molecule has 0 radical (unpaired) electrons. The highest BCUT2D eigenvalue weighted by Crippen LogP contribution is 2.20. The summed E-state index contributed by atoms with van der Waals surface area (Å²) < 4.78 is 0. The molecule has 13 heavy (non-hydrogen) atoms. The Balaban J connectivity index is 2.06. The first-order valence-corrected chi connectivity index (χ1v) is 5.41. The summed E-state index contributed by atoms with van der Waals surface area (Å²) in [6.45, 7) is 5.60. The Morgan fingerprint density at radius 2 is 2.38 bits per heavy atom. The molecule has 78 valence electrons. The van der Waals surface area contributed by atoms with Crippen LogP contribution >= 0.6 is 0 Å². The highest BCUT2D eigenvalue weighted by molar-refractivity contribution is 4.77. The van der Waals surface area contributed by atoms with Gasteiger partial charge in [0, 0.05) is 13.1 Å². The molecule has 0 saturated carbocycles. The van der Waals surface area contributed by atoms with Gasteiger partial charge in [-0.15, -0.1) is 0 Å². The highest BCUT2D eigenvalue weighted by Gasteiger charge is 2.21. The van der Waals surface area contributed by atoms with E-state index in [4.69, 9.17) is 4.84 Å². The third-order valence-corrected chi connectivity index (χ3v) is 2.83. The number of rotatable bonds is 6. The van der Waals surface area contributed by atoms with Gasteiger partial charge in [0.25, 0.3) is 0 Å². The van der Waals surface area contributed by atoms with Crippen molar-refractivity contribution in [2.75, 3.05) is 26.7 Å². The molecule has 1 aliphatic rings. The van der Waals surface area contributed by atoms with Crippen molar-refractivity contribution in [3.05, 3.63) is 0 Å². The van der Waals surface area contributed by atoms with Crippen LogP contribution in [-0.2, 0) is 4.84 Å². The second-order valence-corrected chi connectivity index (χ2v) is 3.62. The molecule has 1 N–H and O–H groups in total. The quantitative estimate of drug-likeness (QED) is 0.501. The van der Waals surface area contributed by atoms with Crippen LogP contribution in [-0.4, -0.2) is 37.7 Å². The molecule has 1 aliphatic heterocycles. The smallest absolute Gasteiger partial charge is 0.0682 e. The van der Waals surface area contributed by atoms with Gasteiger partial charge in [0.2, 0.25) is 0 Å². The Labute approximate surface area is 81.4 Å². The van der Waals surface area contributed by atoms with Crippen molar-refractivity contribution in [3.8, 4) is 0 Å². The predicted octanol–water partition coefficient (Wildman–Crippen LogP) is 1.40. The summed E-state index contributed by atoms with van der Waals surface area (Å²) in [5, 5.41) is 0. The summed E-state index contributed by atoms with van der Waals surface area (Å²) in [5.74, 6) is 0. The molecule has 0 aliphatic carbocycles. The van der Waals surface area contributed by atoms with Gasteiger partial charge in [-0.1, -0.05) is 6.92 Å². The van der Waals surface area contributed by atoms with Crippen molar-refractivity contribution in [2.24, 2.45) is 0 Å². The van der Waals surface area contributed by atoms with E-state index in [0.29, 0.717) is 0 Å². The van der Waals surface area contributed by atoms with Gasteiger partial charge in [0.1, 0.15) is 0 Å². The van der Waals surface area contributed by atoms with E-state index >= 15 is 0 Å². The normalized spacial score (nSPS) is 24.0. The summed E-state index contributed by atoms with van der Waals surface area (Å²) in [7, 11) is 1.81. The van der Waals surface area contributed by atoms with E-state index in [1.54, 1.807) is 0 Å². The molecule has 0 aromatic heterocycles. The van der Waals surface area contributed by atoms with Gasteiger partial charge in [-0.25, -0.2) is 5.48 Å². The van der Waals surface area contributed by atoms with Crippen molar-refractivity contribution in [2.45, 2.75) is 38.6 Å². The van der Waals surface area contributed by atoms with Crippen LogP contribution in [0.3, 0.4) is 0 Å². The van der Waals surface area contributed by atoms with E-state index in [-0.39, 0.29) is 0 Å². The van der Waals surface area contributed by atoms with Crippen LogP contribution in [0.15, 0.2) is 0 Å². The van der Waals surface area contributed by atoms with Crippen LogP contribution in [0.1, 0.15) is 32.6 Å². The molecule has 1 rings (SSSR count). The van der Waals surface area contributed by atoms with E-state index in [9.17, 15) is 0 Å². The maximum absolute atomic E-state index is 5.09. The standard InChI is InChI=1S/C10H22N2O/c1-3-12-8-4-6-10(12)7-5-9-13-11-2/h10-11H,3-9H2,1-2H3. The maximum Gasteiger partial charge on any atom is 0.0682 e. The first kappa shape index (κ1) is 11.0. The van der Waals surface area contributed by atoms with Crippen LogP contribution in [0.4, 0.5) is 0 Å². The minimum absolute atomic E-state index is 0.824. The second-order valence-electron chi connectivity index (χ2n) is 3.62. The summed E-state index contributed by atoms with van der Waals surface area (Å²) in [5.41, 5.74) is 2.70. The third kappa shape index (κ3) is 3.63. The molecule has 3 heteroatoms. The van der Waals surface area contributed by atoms with Crippen LogP contribution < -0.4 is 5.48 Å². The first-order valence-electron chi connectivity index (χ1n) is 5.41. The summed E-state index contributed by atoms with van der Waals surface area (Å²) in [6, 6.07) is 0.824. The third-order valence-electron chi connectivity index (χ3n) is 2.83. The van der Waals surface area contributed by atoms with Gasteiger partial charge < -0.3 is 9.74 Å². The lowest BCUT2D eigenvalue weighted by Gasteiger charge is -2.22. The fourth-order valence-electron chi connectivity index (χ4n) is 2.13. The van der Waals surface area contributed by atoms with Gasteiger partial charge in [-0.05, 0) is 38.8 Å². The van der Waals surface area contributed by atoms with Crippen molar-refractivity contribution in [3.63, 3.8) is 0 Å². The minimum Gasteiger partial charge on any atom is -0.302 e. The SMILES string of the molecule is CCN1CCCC1CCCONC. The molecule has 0 bridgehead atoms. The van der Waals surface area contributed by atoms with Crippen LogP contribution in [0.25, 0.3) is 0 Å². The molecule has 0 amide bonds. The summed E-state index contributed by atoms with van der Waals surface area (Å²) >= 11 is 0. The maximum atomic E-state index is 5.09. The van der Waals surface area contributed by atoms with Gasteiger partial charge in [-0.3, -0.25) is 0 Å². The predicted molar refractivity (Wildman–Crippen MR) is 54.5 cm³/mol. The van der Waals surface area contributed by atoms with E-state index in [2.05, 4.69) is 17.3 Å². The Morgan fingerprint density at radius 3 is 3.08 bits per heavy atom. The lowest BCUT2D eigenvalue weighted by molar-refractivity contribution is 0.0519. The van der Waals surface area contributed by atoms with E-state index in [1.165, 1.54) is 38.8 Å². The van der Waals surface area contributed by atoms with Gasteiger partial charge in [0.15, 0.2) is 0 Å². The second kappa shape index (κ2) is 6.35. The zero-order valence-corrected chi connectivity index (χ0v) is 8.88. The largest absolute Gasteiger partial charge is 0.302 e. The van der Waals surface area contributed by atoms with Gasteiger partial charge in [-0.2, -0.15) is 0 Å². The average Bonchev–Trinajstić information content (AvgIpc) is 2.60. The van der Waals surface area contributed by atoms with Crippen molar-refractivity contribution >= 4 is 0 Å². The monoisotopic (exact) mass is 186 g/mol. The zero-order valence-electron chi connectivity index (χ0n) is 8.88. The van der Waals surface area contributed by atoms with Crippen LogP contribution in [0.5, 0.6) is 0 Å².